The number of rotatable bonds is 4. The molecule has 1 unspecified atom stereocenters. The van der Waals surface area contributed by atoms with Crippen molar-refractivity contribution in [2.24, 2.45) is 0 Å². The van der Waals surface area contributed by atoms with Gasteiger partial charge in [0.05, 0.1) is 28.9 Å². The first-order chi connectivity index (χ1) is 11.9. The zero-order chi connectivity index (χ0) is 18.0. The molecule has 2 heterocycles. The lowest BCUT2D eigenvalue weighted by molar-refractivity contribution is 0.119. The molecule has 1 saturated heterocycles. The van der Waals surface area contributed by atoms with E-state index in [9.17, 15) is 12.8 Å². The molecule has 1 atom stereocenters. The number of aromatic nitrogens is 2. The van der Waals surface area contributed by atoms with Gasteiger partial charge < -0.3 is 4.74 Å². The summed E-state index contributed by atoms with van der Waals surface area (Å²) in [5, 5.41) is 0.395. The lowest BCUT2D eigenvalue weighted by Gasteiger charge is -2.31. The van der Waals surface area contributed by atoms with Crippen molar-refractivity contribution in [2.75, 3.05) is 13.1 Å². The number of halogens is 2. The first-order valence-corrected chi connectivity index (χ1v) is 9.58. The number of benzene rings is 1. The summed E-state index contributed by atoms with van der Waals surface area (Å²) in [6.07, 6.45) is 3.83. The van der Waals surface area contributed by atoms with E-state index in [0.717, 1.165) is 6.07 Å². The predicted molar refractivity (Wildman–Crippen MR) is 90.6 cm³/mol. The van der Waals surface area contributed by atoms with Crippen molar-refractivity contribution < 1.29 is 17.5 Å². The van der Waals surface area contributed by atoms with Crippen LogP contribution in [0.15, 0.2) is 35.5 Å². The molecule has 25 heavy (non-hydrogen) atoms. The van der Waals surface area contributed by atoms with Crippen LogP contribution in [-0.2, 0) is 10.0 Å². The molecule has 0 saturated carbocycles. The standard InChI is InChI=1S/C16H17ClFN3O3S/c1-11-7-13(18)4-5-15(11)25(22,23)21-6-2-3-14(10-21)24-16-19-8-12(17)9-20-16/h4-5,7-9,14H,2-3,6,10H2,1H3. The maximum atomic E-state index is 13.3. The second-order valence-corrected chi connectivity index (χ2v) is 8.18. The van der Waals surface area contributed by atoms with Crippen molar-refractivity contribution in [1.29, 1.82) is 0 Å². The zero-order valence-electron chi connectivity index (χ0n) is 13.5. The summed E-state index contributed by atoms with van der Waals surface area (Å²) < 4.78 is 46.0. The molecule has 9 heteroatoms. The number of hydrogen-bond acceptors (Lipinski definition) is 5. The molecule has 0 amide bonds. The van der Waals surface area contributed by atoms with Crippen LogP contribution in [0.1, 0.15) is 18.4 Å². The van der Waals surface area contributed by atoms with Crippen LogP contribution >= 0.6 is 11.6 Å². The van der Waals surface area contributed by atoms with Gasteiger partial charge in [-0.25, -0.2) is 22.8 Å². The van der Waals surface area contributed by atoms with Gasteiger partial charge in [-0.05, 0) is 43.5 Å². The minimum atomic E-state index is -3.72. The highest BCUT2D eigenvalue weighted by molar-refractivity contribution is 7.89. The number of ether oxygens (including phenoxy) is 1. The van der Waals surface area contributed by atoms with Gasteiger partial charge in [-0.15, -0.1) is 0 Å². The Labute approximate surface area is 150 Å². The molecule has 1 fully saturated rings. The summed E-state index contributed by atoms with van der Waals surface area (Å²) in [6.45, 7) is 2.15. The van der Waals surface area contributed by atoms with Gasteiger partial charge in [0.15, 0.2) is 0 Å². The first-order valence-electron chi connectivity index (χ1n) is 7.77. The van der Waals surface area contributed by atoms with Crippen LogP contribution in [0.5, 0.6) is 6.01 Å². The Kier molecular flexibility index (Phi) is 5.21. The molecule has 0 radical (unpaired) electrons. The normalized spacial score (nSPS) is 18.9. The summed E-state index contributed by atoms with van der Waals surface area (Å²) >= 11 is 5.74. The van der Waals surface area contributed by atoms with E-state index >= 15 is 0 Å². The summed E-state index contributed by atoms with van der Waals surface area (Å²) in [5.74, 6) is -0.462. The minimum Gasteiger partial charge on any atom is -0.459 e. The van der Waals surface area contributed by atoms with Crippen molar-refractivity contribution in [3.05, 3.63) is 47.0 Å². The predicted octanol–water partition coefficient (Wildman–Crippen LogP) is 2.81. The van der Waals surface area contributed by atoms with Crippen LogP contribution in [0.3, 0.4) is 0 Å². The third kappa shape index (κ3) is 4.08. The second-order valence-electron chi connectivity index (χ2n) is 5.84. The number of nitrogens with zero attached hydrogens (tertiary/aromatic N) is 3. The van der Waals surface area contributed by atoms with Gasteiger partial charge in [0.25, 0.3) is 0 Å². The summed E-state index contributed by atoms with van der Waals surface area (Å²) in [7, 11) is -3.72. The number of aryl methyl sites for hydroxylation is 1. The van der Waals surface area contributed by atoms with Crippen molar-refractivity contribution in [3.63, 3.8) is 0 Å². The maximum absolute atomic E-state index is 13.3. The fraction of sp³-hybridized carbons (Fsp3) is 0.375. The van der Waals surface area contributed by atoms with E-state index < -0.39 is 15.8 Å². The SMILES string of the molecule is Cc1cc(F)ccc1S(=O)(=O)N1CCCC(Oc2ncc(Cl)cn2)C1. The third-order valence-electron chi connectivity index (χ3n) is 3.96. The monoisotopic (exact) mass is 385 g/mol. The topological polar surface area (TPSA) is 72.4 Å². The van der Waals surface area contributed by atoms with Crippen LogP contribution in [0.4, 0.5) is 4.39 Å². The molecule has 2 aromatic rings. The van der Waals surface area contributed by atoms with Crippen LogP contribution in [0, 0.1) is 12.7 Å². The minimum absolute atomic E-state index is 0.109. The molecule has 0 spiro atoms. The molecule has 1 aromatic heterocycles. The fourth-order valence-electron chi connectivity index (χ4n) is 2.77. The highest BCUT2D eigenvalue weighted by Gasteiger charge is 2.32. The van der Waals surface area contributed by atoms with Crippen LogP contribution in [0.25, 0.3) is 0 Å². The third-order valence-corrected chi connectivity index (χ3v) is 6.18. The molecule has 6 nitrogen and oxygen atoms in total. The van der Waals surface area contributed by atoms with E-state index in [2.05, 4.69) is 9.97 Å². The van der Waals surface area contributed by atoms with Crippen molar-refractivity contribution >= 4 is 21.6 Å². The Hall–Kier alpha value is -1.77. The van der Waals surface area contributed by atoms with E-state index in [1.165, 1.54) is 28.8 Å². The second kappa shape index (κ2) is 7.23. The summed E-state index contributed by atoms with van der Waals surface area (Å²) in [5.41, 5.74) is 0.379. The Morgan fingerprint density at radius 2 is 2.04 bits per heavy atom. The molecule has 1 aliphatic heterocycles. The number of hydrogen-bond donors (Lipinski definition) is 0. The Morgan fingerprint density at radius 3 is 2.72 bits per heavy atom. The molecule has 3 rings (SSSR count). The molecule has 0 bridgehead atoms. The molecule has 0 aliphatic carbocycles. The fourth-order valence-corrected chi connectivity index (χ4v) is 4.58. The van der Waals surface area contributed by atoms with E-state index in [4.69, 9.17) is 16.3 Å². The van der Waals surface area contributed by atoms with Gasteiger partial charge in [0.1, 0.15) is 11.9 Å². The van der Waals surface area contributed by atoms with Gasteiger partial charge in [0, 0.05) is 6.54 Å². The lowest BCUT2D eigenvalue weighted by Crippen LogP contribution is -2.44. The summed E-state index contributed by atoms with van der Waals surface area (Å²) in [6, 6.07) is 3.82. The van der Waals surface area contributed by atoms with Crippen LogP contribution in [0.2, 0.25) is 5.02 Å². The van der Waals surface area contributed by atoms with Crippen LogP contribution < -0.4 is 4.74 Å². The average Bonchev–Trinajstić information content (AvgIpc) is 2.57. The van der Waals surface area contributed by atoms with Crippen molar-refractivity contribution in [2.45, 2.75) is 30.8 Å². The van der Waals surface area contributed by atoms with Crippen LogP contribution in [-0.4, -0.2) is 41.9 Å². The maximum Gasteiger partial charge on any atom is 0.316 e. The smallest absolute Gasteiger partial charge is 0.316 e. The van der Waals surface area contributed by atoms with E-state index in [0.29, 0.717) is 30.0 Å². The Bertz CT molecular complexity index is 861. The number of sulfonamides is 1. The van der Waals surface area contributed by atoms with Crippen molar-refractivity contribution in [1.82, 2.24) is 14.3 Å². The molecule has 134 valence electrons. The highest BCUT2D eigenvalue weighted by atomic mass is 35.5. The van der Waals surface area contributed by atoms with Gasteiger partial charge >= 0.3 is 6.01 Å². The van der Waals surface area contributed by atoms with Gasteiger partial charge in [-0.2, -0.15) is 4.31 Å². The molecular weight excluding hydrogens is 369 g/mol. The Morgan fingerprint density at radius 1 is 1.32 bits per heavy atom. The molecular formula is C16H17ClFN3O3S. The van der Waals surface area contributed by atoms with Gasteiger partial charge in [-0.3, -0.25) is 0 Å². The molecule has 1 aromatic carbocycles. The lowest BCUT2D eigenvalue weighted by atomic mass is 10.1. The number of piperidine rings is 1. The quantitative estimate of drug-likeness (QED) is 0.809. The van der Waals surface area contributed by atoms with E-state index in [-0.39, 0.29) is 23.6 Å². The molecule has 1 aliphatic rings. The van der Waals surface area contributed by atoms with Crippen molar-refractivity contribution in [3.8, 4) is 6.01 Å². The highest BCUT2D eigenvalue weighted by Crippen LogP contribution is 2.25. The zero-order valence-corrected chi connectivity index (χ0v) is 15.1. The largest absolute Gasteiger partial charge is 0.459 e. The summed E-state index contributed by atoms with van der Waals surface area (Å²) in [4.78, 5) is 8.04. The van der Waals surface area contributed by atoms with Gasteiger partial charge in [-0.1, -0.05) is 11.6 Å². The van der Waals surface area contributed by atoms with Gasteiger partial charge in [0.2, 0.25) is 10.0 Å². The Balaban J connectivity index is 1.76. The average molecular weight is 386 g/mol. The van der Waals surface area contributed by atoms with E-state index in [1.54, 1.807) is 6.92 Å². The van der Waals surface area contributed by atoms with E-state index in [1.807, 2.05) is 0 Å². The first kappa shape index (κ1) is 18.0. The molecule has 0 N–H and O–H groups in total.